The summed E-state index contributed by atoms with van der Waals surface area (Å²) in [5, 5.41) is 9.35. The van der Waals surface area contributed by atoms with Crippen LogP contribution in [0.4, 0.5) is 0 Å². The zero-order valence-electron chi connectivity index (χ0n) is 16.9. The lowest BCUT2D eigenvalue weighted by atomic mass is 9.87. The van der Waals surface area contributed by atoms with Crippen LogP contribution >= 0.6 is 0 Å². The van der Waals surface area contributed by atoms with Gasteiger partial charge < -0.3 is 19.6 Å². The van der Waals surface area contributed by atoms with Crippen LogP contribution in [0.5, 0.6) is 5.75 Å². The number of fused-ring (bicyclic) bond motifs is 2. The second-order valence-corrected chi connectivity index (χ2v) is 7.25. The molecule has 1 aliphatic carbocycles. The van der Waals surface area contributed by atoms with E-state index in [9.17, 15) is 4.79 Å². The van der Waals surface area contributed by atoms with E-state index >= 15 is 0 Å². The Morgan fingerprint density at radius 1 is 1.13 bits per heavy atom. The molecule has 4 rings (SSSR count). The Labute approximate surface area is 175 Å². The Hall–Kier alpha value is -3.25. The van der Waals surface area contributed by atoms with Gasteiger partial charge >= 0.3 is 5.97 Å². The molecule has 2 aromatic carbocycles. The Bertz CT molecular complexity index is 1080. The van der Waals surface area contributed by atoms with Crippen LogP contribution in [0.25, 0.3) is 10.9 Å². The third kappa shape index (κ3) is 4.49. The summed E-state index contributed by atoms with van der Waals surface area (Å²) in [6.45, 7) is 0.615. The third-order valence-electron chi connectivity index (χ3n) is 5.24. The molecule has 1 heterocycles. The highest BCUT2D eigenvalue weighted by atomic mass is 16.5. The molecule has 0 aliphatic heterocycles. The number of nitrogens with zero attached hydrogens (tertiary/aromatic N) is 1. The van der Waals surface area contributed by atoms with E-state index in [1.165, 1.54) is 7.11 Å². The number of aryl methyl sites for hydroxylation is 1. The van der Waals surface area contributed by atoms with Crippen molar-refractivity contribution in [3.05, 3.63) is 71.4 Å². The standard InChI is InChI=1S/C24H24N2O4/c1-28-23(27)12-13-29-24-20-10-9-19(14-17(20)7-11-21(24)25)30-15-18-8-6-16-4-2-3-5-22(16)26-18/h2-6,8-10,14,24-25H,7,11-13,15H2,1H3. The molecule has 0 fully saturated rings. The molecule has 1 aromatic heterocycles. The number of carbonyl (C=O) groups is 1. The number of nitrogens with one attached hydrogen (secondary N) is 1. The zero-order valence-corrected chi connectivity index (χ0v) is 16.9. The van der Waals surface area contributed by atoms with Gasteiger partial charge in [-0.15, -0.1) is 0 Å². The maximum atomic E-state index is 11.3. The van der Waals surface area contributed by atoms with Crippen molar-refractivity contribution in [3.63, 3.8) is 0 Å². The number of carbonyl (C=O) groups excluding carboxylic acids is 1. The summed E-state index contributed by atoms with van der Waals surface area (Å²) >= 11 is 0. The molecule has 1 N–H and O–H groups in total. The number of pyridine rings is 1. The lowest BCUT2D eigenvalue weighted by Gasteiger charge is -2.27. The maximum Gasteiger partial charge on any atom is 0.307 e. The quantitative estimate of drug-likeness (QED) is 0.590. The number of hydrogen-bond donors (Lipinski definition) is 1. The van der Waals surface area contributed by atoms with E-state index in [1.807, 2.05) is 48.5 Å². The zero-order chi connectivity index (χ0) is 20.9. The van der Waals surface area contributed by atoms with Crippen molar-refractivity contribution < 1.29 is 19.0 Å². The fraction of sp³-hybridized carbons (Fsp3) is 0.292. The summed E-state index contributed by atoms with van der Waals surface area (Å²) in [5.74, 6) is 0.453. The first-order valence-corrected chi connectivity index (χ1v) is 10.00. The molecule has 0 saturated carbocycles. The van der Waals surface area contributed by atoms with Gasteiger partial charge in [-0.1, -0.05) is 30.3 Å². The summed E-state index contributed by atoms with van der Waals surface area (Å²) in [5.41, 5.74) is 4.43. The summed E-state index contributed by atoms with van der Waals surface area (Å²) in [4.78, 5) is 16.0. The molecule has 0 spiro atoms. The highest BCUT2D eigenvalue weighted by Crippen LogP contribution is 2.33. The minimum atomic E-state index is -0.422. The Morgan fingerprint density at radius 3 is 2.87 bits per heavy atom. The normalized spacial score (nSPS) is 15.6. The molecule has 1 atom stereocenters. The van der Waals surface area contributed by atoms with Crippen LogP contribution in [-0.2, 0) is 27.3 Å². The number of benzene rings is 2. The van der Waals surface area contributed by atoms with Gasteiger partial charge in [-0.25, -0.2) is 4.98 Å². The van der Waals surface area contributed by atoms with E-state index in [4.69, 9.17) is 14.9 Å². The van der Waals surface area contributed by atoms with Crippen LogP contribution in [-0.4, -0.2) is 30.4 Å². The molecule has 0 saturated heterocycles. The van der Waals surface area contributed by atoms with Crippen molar-refractivity contribution in [1.29, 1.82) is 5.41 Å². The molecule has 6 nitrogen and oxygen atoms in total. The lowest BCUT2D eigenvalue weighted by Crippen LogP contribution is -2.23. The number of rotatable bonds is 7. The second kappa shape index (κ2) is 9.05. The predicted octanol–water partition coefficient (Wildman–Crippen LogP) is 4.40. The number of ether oxygens (including phenoxy) is 3. The van der Waals surface area contributed by atoms with Crippen molar-refractivity contribution in [2.75, 3.05) is 13.7 Å². The number of aromatic nitrogens is 1. The lowest BCUT2D eigenvalue weighted by molar-refractivity contribution is -0.142. The van der Waals surface area contributed by atoms with Crippen LogP contribution in [0, 0.1) is 5.41 Å². The molecular weight excluding hydrogens is 380 g/mol. The van der Waals surface area contributed by atoms with Gasteiger partial charge in [0, 0.05) is 11.1 Å². The van der Waals surface area contributed by atoms with Crippen LogP contribution in [0.3, 0.4) is 0 Å². The first kappa shape index (κ1) is 20.0. The van der Waals surface area contributed by atoms with Gasteiger partial charge in [-0.3, -0.25) is 4.79 Å². The third-order valence-corrected chi connectivity index (χ3v) is 5.24. The van der Waals surface area contributed by atoms with Gasteiger partial charge in [0.25, 0.3) is 0 Å². The largest absolute Gasteiger partial charge is 0.487 e. The Balaban J connectivity index is 1.43. The van der Waals surface area contributed by atoms with Gasteiger partial charge in [0.05, 0.1) is 31.3 Å². The minimum Gasteiger partial charge on any atom is -0.487 e. The topological polar surface area (TPSA) is 81.5 Å². The molecule has 0 amide bonds. The summed E-state index contributed by atoms with van der Waals surface area (Å²) in [6, 6.07) is 17.9. The first-order chi connectivity index (χ1) is 14.6. The van der Waals surface area contributed by atoms with Crippen molar-refractivity contribution in [2.24, 2.45) is 0 Å². The molecule has 0 radical (unpaired) electrons. The molecular formula is C24H24N2O4. The second-order valence-electron chi connectivity index (χ2n) is 7.25. The van der Waals surface area contributed by atoms with Crippen molar-refractivity contribution in [1.82, 2.24) is 4.98 Å². The van der Waals surface area contributed by atoms with Crippen molar-refractivity contribution in [3.8, 4) is 5.75 Å². The molecule has 0 bridgehead atoms. The number of methoxy groups -OCH3 is 1. The molecule has 1 unspecified atom stereocenters. The maximum absolute atomic E-state index is 11.3. The average Bonchev–Trinajstić information content (AvgIpc) is 2.78. The smallest absolute Gasteiger partial charge is 0.307 e. The highest BCUT2D eigenvalue weighted by Gasteiger charge is 2.26. The number of hydrogen-bond acceptors (Lipinski definition) is 6. The van der Waals surface area contributed by atoms with Gasteiger partial charge in [-0.05, 0) is 48.2 Å². The van der Waals surface area contributed by atoms with Crippen LogP contribution in [0.1, 0.15) is 35.8 Å². The summed E-state index contributed by atoms with van der Waals surface area (Å²) < 4.78 is 16.5. The molecule has 3 aromatic rings. The average molecular weight is 404 g/mol. The first-order valence-electron chi connectivity index (χ1n) is 10.00. The van der Waals surface area contributed by atoms with E-state index in [1.54, 1.807) is 0 Å². The van der Waals surface area contributed by atoms with Crippen LogP contribution in [0.15, 0.2) is 54.6 Å². The highest BCUT2D eigenvalue weighted by molar-refractivity contribution is 5.89. The summed E-state index contributed by atoms with van der Waals surface area (Å²) in [7, 11) is 1.36. The van der Waals surface area contributed by atoms with E-state index in [2.05, 4.69) is 15.8 Å². The van der Waals surface area contributed by atoms with Crippen molar-refractivity contribution >= 4 is 22.6 Å². The molecule has 30 heavy (non-hydrogen) atoms. The molecule has 154 valence electrons. The monoisotopic (exact) mass is 404 g/mol. The Morgan fingerprint density at radius 2 is 2.00 bits per heavy atom. The van der Waals surface area contributed by atoms with Gasteiger partial charge in [0.15, 0.2) is 0 Å². The van der Waals surface area contributed by atoms with Gasteiger partial charge in [0.1, 0.15) is 18.5 Å². The summed E-state index contributed by atoms with van der Waals surface area (Å²) in [6.07, 6.45) is 1.16. The molecule has 6 heteroatoms. The SMILES string of the molecule is COC(=O)CCOC1C(=N)CCc2cc(OCc3ccc4ccccc4n3)ccc21. The van der Waals surface area contributed by atoms with E-state index in [0.29, 0.717) is 18.7 Å². The van der Waals surface area contributed by atoms with Crippen LogP contribution < -0.4 is 4.74 Å². The predicted molar refractivity (Wildman–Crippen MR) is 114 cm³/mol. The fourth-order valence-electron chi connectivity index (χ4n) is 3.63. The number of esters is 1. The van der Waals surface area contributed by atoms with E-state index < -0.39 is 6.10 Å². The fourth-order valence-corrected chi connectivity index (χ4v) is 3.63. The van der Waals surface area contributed by atoms with E-state index in [0.717, 1.165) is 39.9 Å². The Kier molecular flexibility index (Phi) is 6.05. The van der Waals surface area contributed by atoms with E-state index in [-0.39, 0.29) is 19.0 Å². The van der Waals surface area contributed by atoms with Crippen LogP contribution in [0.2, 0.25) is 0 Å². The number of para-hydroxylation sites is 1. The minimum absolute atomic E-state index is 0.176. The van der Waals surface area contributed by atoms with Gasteiger partial charge in [-0.2, -0.15) is 0 Å². The molecule has 1 aliphatic rings. The van der Waals surface area contributed by atoms with Crippen molar-refractivity contribution in [2.45, 2.75) is 32.0 Å². The van der Waals surface area contributed by atoms with Gasteiger partial charge in [0.2, 0.25) is 0 Å².